The quantitative estimate of drug-likeness (QED) is 0.632. The van der Waals surface area contributed by atoms with Crippen molar-refractivity contribution < 1.29 is 0 Å². The Bertz CT molecular complexity index is 147. The Kier molecular flexibility index (Phi) is 2.66. The summed E-state index contributed by atoms with van der Waals surface area (Å²) in [6, 6.07) is 0.965. The SMILES string of the molecule is CNCCCN1CC2CCC1C2. The van der Waals surface area contributed by atoms with Crippen LogP contribution in [-0.2, 0) is 0 Å². The number of nitrogens with one attached hydrogen (secondary N) is 1. The lowest BCUT2D eigenvalue weighted by atomic mass is 10.1. The van der Waals surface area contributed by atoms with Crippen molar-refractivity contribution in [3.05, 3.63) is 0 Å². The average Bonchev–Trinajstić information content (AvgIpc) is 2.65. The first kappa shape index (κ1) is 8.52. The highest BCUT2D eigenvalue weighted by Gasteiger charge is 2.36. The van der Waals surface area contributed by atoms with Gasteiger partial charge in [0, 0.05) is 12.6 Å². The van der Waals surface area contributed by atoms with E-state index in [4.69, 9.17) is 0 Å². The molecule has 2 bridgehead atoms. The van der Waals surface area contributed by atoms with Crippen LogP contribution < -0.4 is 5.32 Å². The van der Waals surface area contributed by atoms with Crippen LogP contribution in [0.4, 0.5) is 0 Å². The van der Waals surface area contributed by atoms with Gasteiger partial charge in [0.15, 0.2) is 0 Å². The third-order valence-corrected chi connectivity index (χ3v) is 3.39. The van der Waals surface area contributed by atoms with Crippen LogP contribution in [-0.4, -0.2) is 37.6 Å². The maximum Gasteiger partial charge on any atom is 0.00986 e. The first-order valence-corrected chi connectivity index (χ1v) is 5.29. The summed E-state index contributed by atoms with van der Waals surface area (Å²) in [6.07, 6.45) is 5.80. The zero-order valence-corrected chi connectivity index (χ0v) is 8.05. The minimum atomic E-state index is 0.965. The second kappa shape index (κ2) is 3.75. The molecule has 2 nitrogen and oxygen atoms in total. The van der Waals surface area contributed by atoms with Gasteiger partial charge in [-0.3, -0.25) is 0 Å². The summed E-state index contributed by atoms with van der Waals surface area (Å²) in [5.41, 5.74) is 0. The molecule has 1 saturated carbocycles. The second-order valence-electron chi connectivity index (χ2n) is 4.28. The van der Waals surface area contributed by atoms with Crippen molar-refractivity contribution in [2.75, 3.05) is 26.7 Å². The molecule has 2 unspecified atom stereocenters. The summed E-state index contributed by atoms with van der Waals surface area (Å²) in [5.74, 6) is 1.06. The lowest BCUT2D eigenvalue weighted by Gasteiger charge is -2.26. The van der Waals surface area contributed by atoms with Crippen LogP contribution in [0.25, 0.3) is 0 Å². The van der Waals surface area contributed by atoms with Crippen molar-refractivity contribution in [2.45, 2.75) is 31.7 Å². The lowest BCUT2D eigenvalue weighted by Crippen LogP contribution is -2.33. The summed E-state index contributed by atoms with van der Waals surface area (Å²) in [7, 11) is 2.04. The van der Waals surface area contributed by atoms with Crippen LogP contribution >= 0.6 is 0 Å². The van der Waals surface area contributed by atoms with Crippen LogP contribution in [0.5, 0.6) is 0 Å². The van der Waals surface area contributed by atoms with Gasteiger partial charge in [0.2, 0.25) is 0 Å². The molecule has 0 aromatic heterocycles. The molecule has 1 aliphatic carbocycles. The Balaban J connectivity index is 1.69. The number of hydrogen-bond acceptors (Lipinski definition) is 2. The van der Waals surface area contributed by atoms with Crippen molar-refractivity contribution in [3.8, 4) is 0 Å². The fourth-order valence-electron chi connectivity index (χ4n) is 2.76. The van der Waals surface area contributed by atoms with Gasteiger partial charge >= 0.3 is 0 Å². The number of hydrogen-bond donors (Lipinski definition) is 1. The lowest BCUT2D eigenvalue weighted by molar-refractivity contribution is 0.211. The Morgan fingerprint density at radius 3 is 2.92 bits per heavy atom. The minimum absolute atomic E-state index is 0.965. The second-order valence-corrected chi connectivity index (χ2v) is 4.28. The molecular formula is C10H20N2. The molecule has 12 heavy (non-hydrogen) atoms. The maximum atomic E-state index is 3.21. The van der Waals surface area contributed by atoms with Crippen LogP contribution in [0.15, 0.2) is 0 Å². The van der Waals surface area contributed by atoms with Gasteiger partial charge in [0.05, 0.1) is 0 Å². The Labute approximate surface area is 75.3 Å². The monoisotopic (exact) mass is 168 g/mol. The molecule has 2 rings (SSSR count). The van der Waals surface area contributed by atoms with Crippen LogP contribution in [0, 0.1) is 5.92 Å². The van der Waals surface area contributed by atoms with Crippen LogP contribution in [0.2, 0.25) is 0 Å². The zero-order valence-electron chi connectivity index (χ0n) is 8.05. The van der Waals surface area contributed by atoms with Gasteiger partial charge in [-0.15, -0.1) is 0 Å². The molecule has 0 amide bonds. The van der Waals surface area contributed by atoms with Gasteiger partial charge in [0.1, 0.15) is 0 Å². The fourth-order valence-corrected chi connectivity index (χ4v) is 2.76. The molecule has 0 spiro atoms. The van der Waals surface area contributed by atoms with E-state index < -0.39 is 0 Å². The number of fused-ring (bicyclic) bond motifs is 2. The zero-order chi connectivity index (χ0) is 8.39. The van der Waals surface area contributed by atoms with Crippen molar-refractivity contribution in [1.29, 1.82) is 0 Å². The Hall–Kier alpha value is -0.0800. The minimum Gasteiger partial charge on any atom is -0.320 e. The van der Waals surface area contributed by atoms with E-state index in [0.717, 1.165) is 12.0 Å². The summed E-state index contributed by atoms with van der Waals surface area (Å²) in [6.45, 7) is 3.89. The van der Waals surface area contributed by atoms with E-state index in [1.165, 1.54) is 45.3 Å². The third kappa shape index (κ3) is 1.64. The Morgan fingerprint density at radius 1 is 1.42 bits per heavy atom. The third-order valence-electron chi connectivity index (χ3n) is 3.39. The normalized spacial score (nSPS) is 34.8. The van der Waals surface area contributed by atoms with E-state index in [9.17, 15) is 0 Å². The molecule has 1 aliphatic heterocycles. The molecular weight excluding hydrogens is 148 g/mol. The van der Waals surface area contributed by atoms with Gasteiger partial charge < -0.3 is 10.2 Å². The van der Waals surface area contributed by atoms with E-state index in [1.54, 1.807) is 0 Å². The predicted molar refractivity (Wildman–Crippen MR) is 51.2 cm³/mol. The van der Waals surface area contributed by atoms with E-state index >= 15 is 0 Å². The van der Waals surface area contributed by atoms with Crippen molar-refractivity contribution in [3.63, 3.8) is 0 Å². The summed E-state index contributed by atoms with van der Waals surface area (Å²) in [5, 5.41) is 3.21. The molecule has 2 atom stereocenters. The maximum absolute atomic E-state index is 3.21. The number of piperidine rings is 1. The van der Waals surface area contributed by atoms with Gasteiger partial charge in [-0.1, -0.05) is 0 Å². The molecule has 1 heterocycles. The number of rotatable bonds is 4. The molecule has 0 aromatic rings. The molecule has 0 radical (unpaired) electrons. The summed E-state index contributed by atoms with van der Waals surface area (Å²) < 4.78 is 0. The van der Waals surface area contributed by atoms with Crippen LogP contribution in [0.3, 0.4) is 0 Å². The van der Waals surface area contributed by atoms with E-state index in [0.29, 0.717) is 0 Å². The molecule has 70 valence electrons. The molecule has 1 saturated heterocycles. The van der Waals surface area contributed by atoms with E-state index in [1.807, 2.05) is 7.05 Å². The number of nitrogens with zero attached hydrogens (tertiary/aromatic N) is 1. The van der Waals surface area contributed by atoms with Gasteiger partial charge in [-0.2, -0.15) is 0 Å². The van der Waals surface area contributed by atoms with Crippen molar-refractivity contribution >= 4 is 0 Å². The van der Waals surface area contributed by atoms with Crippen LogP contribution in [0.1, 0.15) is 25.7 Å². The Morgan fingerprint density at radius 2 is 2.33 bits per heavy atom. The molecule has 2 fully saturated rings. The van der Waals surface area contributed by atoms with Crippen molar-refractivity contribution in [1.82, 2.24) is 10.2 Å². The highest BCUT2D eigenvalue weighted by Crippen LogP contribution is 2.37. The smallest absolute Gasteiger partial charge is 0.00986 e. The summed E-state index contributed by atoms with van der Waals surface area (Å²) >= 11 is 0. The van der Waals surface area contributed by atoms with E-state index in [-0.39, 0.29) is 0 Å². The number of likely N-dealkylation sites (tertiary alicyclic amines) is 1. The first-order valence-electron chi connectivity index (χ1n) is 5.29. The highest BCUT2D eigenvalue weighted by molar-refractivity contribution is 4.91. The van der Waals surface area contributed by atoms with E-state index in [2.05, 4.69) is 10.2 Å². The van der Waals surface area contributed by atoms with Gasteiger partial charge in [-0.05, 0) is 51.7 Å². The first-order chi connectivity index (χ1) is 5.90. The standard InChI is InChI=1S/C10H20N2/c1-11-5-2-6-12-8-9-3-4-10(12)7-9/h9-11H,2-8H2,1H3. The fraction of sp³-hybridized carbons (Fsp3) is 1.00. The largest absolute Gasteiger partial charge is 0.320 e. The topological polar surface area (TPSA) is 15.3 Å². The van der Waals surface area contributed by atoms with Gasteiger partial charge in [-0.25, -0.2) is 0 Å². The van der Waals surface area contributed by atoms with Crippen molar-refractivity contribution in [2.24, 2.45) is 5.92 Å². The van der Waals surface area contributed by atoms with Gasteiger partial charge in [0.25, 0.3) is 0 Å². The highest BCUT2D eigenvalue weighted by atomic mass is 15.2. The summed E-state index contributed by atoms with van der Waals surface area (Å²) in [4.78, 5) is 2.70. The average molecular weight is 168 g/mol. The molecule has 0 aromatic carbocycles. The molecule has 2 aliphatic rings. The predicted octanol–water partition coefficient (Wildman–Crippen LogP) is 1.08. The molecule has 1 N–H and O–H groups in total. The molecule has 2 heteroatoms.